The van der Waals surface area contributed by atoms with Crippen LogP contribution in [0.3, 0.4) is 0 Å². The van der Waals surface area contributed by atoms with Crippen molar-refractivity contribution in [3.05, 3.63) is 65.1 Å². The fourth-order valence-electron chi connectivity index (χ4n) is 4.40. The number of halogens is 3. The maximum absolute atomic E-state index is 13.2. The molecule has 2 aromatic heterocycles. The third-order valence-electron chi connectivity index (χ3n) is 6.22. The Balaban J connectivity index is 1.55. The van der Waals surface area contributed by atoms with Crippen molar-refractivity contribution in [1.29, 1.82) is 0 Å². The van der Waals surface area contributed by atoms with Gasteiger partial charge in [-0.25, -0.2) is 4.98 Å². The number of pyridine rings is 1. The minimum atomic E-state index is -4.34. The number of anilines is 1. The van der Waals surface area contributed by atoms with E-state index in [0.29, 0.717) is 6.42 Å². The van der Waals surface area contributed by atoms with E-state index in [1.165, 1.54) is 19.4 Å². The zero-order chi connectivity index (χ0) is 21.8. The van der Waals surface area contributed by atoms with E-state index in [0.717, 1.165) is 46.9 Å². The van der Waals surface area contributed by atoms with Gasteiger partial charge in [0.25, 0.3) is 0 Å². The number of nitrogens with zero attached hydrogens (tertiary/aromatic N) is 4. The van der Waals surface area contributed by atoms with Gasteiger partial charge in [0.05, 0.1) is 23.5 Å². The Kier molecular flexibility index (Phi) is 4.64. The lowest BCUT2D eigenvalue weighted by molar-refractivity contribution is -0.138. The van der Waals surface area contributed by atoms with Crippen LogP contribution in [0.2, 0.25) is 0 Å². The van der Waals surface area contributed by atoms with Crippen molar-refractivity contribution in [1.82, 2.24) is 14.8 Å². The monoisotopic (exact) mass is 424 g/mol. The summed E-state index contributed by atoms with van der Waals surface area (Å²) in [5, 5.41) is 4.60. The van der Waals surface area contributed by atoms with Crippen LogP contribution in [-0.4, -0.2) is 27.9 Å². The van der Waals surface area contributed by atoms with Crippen molar-refractivity contribution in [2.24, 2.45) is 0 Å². The quantitative estimate of drug-likeness (QED) is 0.518. The molecule has 4 nitrogen and oxygen atoms in total. The number of allylic oxidation sites excluding steroid dienone is 1. The Morgan fingerprint density at radius 3 is 2.55 bits per heavy atom. The predicted octanol–water partition coefficient (Wildman–Crippen LogP) is 5.99. The summed E-state index contributed by atoms with van der Waals surface area (Å²) in [5.41, 5.74) is 4.55. The van der Waals surface area contributed by atoms with E-state index in [1.807, 2.05) is 23.1 Å². The molecule has 7 heteroatoms. The Bertz CT molecular complexity index is 1170. The molecule has 4 heterocycles. The first-order valence-corrected chi connectivity index (χ1v) is 10.5. The summed E-state index contributed by atoms with van der Waals surface area (Å²) < 4.78 is 41.5. The van der Waals surface area contributed by atoms with Gasteiger partial charge in [0.15, 0.2) is 0 Å². The normalized spacial score (nSPS) is 18.4. The average Bonchev–Trinajstić information content (AvgIpc) is 3.10. The first kappa shape index (κ1) is 19.8. The Morgan fingerprint density at radius 1 is 1.06 bits per heavy atom. The van der Waals surface area contributed by atoms with E-state index in [1.54, 1.807) is 12.1 Å². The second-order valence-corrected chi connectivity index (χ2v) is 8.38. The van der Waals surface area contributed by atoms with Gasteiger partial charge in [-0.1, -0.05) is 12.1 Å². The van der Waals surface area contributed by atoms with Crippen molar-refractivity contribution >= 4 is 17.5 Å². The van der Waals surface area contributed by atoms with Gasteiger partial charge >= 0.3 is 6.18 Å². The minimum absolute atomic E-state index is 0.114. The van der Waals surface area contributed by atoms with Crippen molar-refractivity contribution in [3.63, 3.8) is 0 Å². The van der Waals surface area contributed by atoms with Crippen molar-refractivity contribution < 1.29 is 13.2 Å². The van der Waals surface area contributed by atoms with E-state index in [-0.39, 0.29) is 11.6 Å². The molecule has 0 bridgehead atoms. The largest absolute Gasteiger partial charge is 0.416 e. The van der Waals surface area contributed by atoms with Gasteiger partial charge in [0.2, 0.25) is 0 Å². The molecule has 0 aliphatic carbocycles. The van der Waals surface area contributed by atoms with Gasteiger partial charge in [0, 0.05) is 24.8 Å². The van der Waals surface area contributed by atoms with Gasteiger partial charge in [-0.05, 0) is 73.2 Å². The van der Waals surface area contributed by atoms with Crippen molar-refractivity contribution in [2.75, 3.05) is 18.0 Å². The molecule has 1 aromatic carbocycles. The zero-order valence-electron chi connectivity index (χ0n) is 17.4. The molecule has 0 radical (unpaired) electrons. The maximum Gasteiger partial charge on any atom is 0.416 e. The molecule has 160 valence electrons. The Hall–Kier alpha value is -3.09. The molecule has 2 aliphatic heterocycles. The molecule has 31 heavy (non-hydrogen) atoms. The fraction of sp³-hybridized carbons (Fsp3) is 0.333. The highest BCUT2D eigenvalue weighted by molar-refractivity contribution is 5.87. The van der Waals surface area contributed by atoms with Gasteiger partial charge in [0.1, 0.15) is 5.82 Å². The van der Waals surface area contributed by atoms with Gasteiger partial charge in [-0.2, -0.15) is 18.3 Å². The number of aryl methyl sites for hydroxylation is 1. The molecule has 0 amide bonds. The third kappa shape index (κ3) is 3.52. The summed E-state index contributed by atoms with van der Waals surface area (Å²) in [5.74, 6) is 0.968. The molecule has 0 N–H and O–H groups in total. The van der Waals surface area contributed by atoms with Crippen molar-refractivity contribution in [3.8, 4) is 11.1 Å². The maximum atomic E-state index is 13.2. The van der Waals surface area contributed by atoms with Crippen LogP contribution in [0.25, 0.3) is 22.8 Å². The summed E-state index contributed by atoms with van der Waals surface area (Å²) >= 11 is 0. The SMILES string of the molecule is Cc1cc(C2=Cc3c(-c4ccnc(N5CCC5)c4)cnn3[C@@H](C)C2)ccc1C(F)(F)F. The van der Waals surface area contributed by atoms with Crippen LogP contribution in [0.15, 0.2) is 42.7 Å². The number of hydrogen-bond donors (Lipinski definition) is 0. The number of hydrogen-bond acceptors (Lipinski definition) is 3. The lowest BCUT2D eigenvalue weighted by Crippen LogP contribution is -2.37. The highest BCUT2D eigenvalue weighted by Gasteiger charge is 2.32. The molecule has 1 atom stereocenters. The molecule has 0 saturated carbocycles. The second-order valence-electron chi connectivity index (χ2n) is 8.38. The summed E-state index contributed by atoms with van der Waals surface area (Å²) in [6, 6.07) is 8.59. The highest BCUT2D eigenvalue weighted by atomic mass is 19.4. The molecule has 0 unspecified atom stereocenters. The molecule has 5 rings (SSSR count). The van der Waals surface area contributed by atoms with E-state index in [9.17, 15) is 13.2 Å². The lowest BCUT2D eigenvalue weighted by atomic mass is 9.91. The number of benzene rings is 1. The fourth-order valence-corrected chi connectivity index (χ4v) is 4.40. The van der Waals surface area contributed by atoms with Crippen LogP contribution in [0.1, 0.15) is 48.2 Å². The zero-order valence-corrected chi connectivity index (χ0v) is 17.4. The number of alkyl halides is 3. The summed E-state index contributed by atoms with van der Waals surface area (Å²) in [6.07, 6.45) is 3.33. The molecular formula is C24H23F3N4. The minimum Gasteiger partial charge on any atom is -0.356 e. The Labute approximate surface area is 179 Å². The predicted molar refractivity (Wildman–Crippen MR) is 116 cm³/mol. The number of rotatable bonds is 3. The van der Waals surface area contributed by atoms with Crippen LogP contribution in [0.4, 0.5) is 19.0 Å². The van der Waals surface area contributed by atoms with Crippen LogP contribution in [0, 0.1) is 6.92 Å². The first-order chi connectivity index (χ1) is 14.8. The van der Waals surface area contributed by atoms with Crippen molar-refractivity contribution in [2.45, 2.75) is 38.9 Å². The standard InChI is InChI=1S/C24H23F3N4/c1-15-10-17(4-5-21(15)24(25,26)27)19-11-16(2)31-22(12-19)20(14-29-31)18-6-7-28-23(13-18)30-8-3-9-30/h4-7,10,12-14,16H,3,8-9,11H2,1-2H3/t16-/m0/s1. The number of aromatic nitrogens is 3. The van der Waals surface area contributed by atoms with Gasteiger partial charge in [-0.3, -0.25) is 4.68 Å². The van der Waals surface area contributed by atoms with Crippen LogP contribution >= 0.6 is 0 Å². The molecule has 0 spiro atoms. The molecule has 2 aliphatic rings. The second kappa shape index (κ2) is 7.25. The lowest BCUT2D eigenvalue weighted by Gasteiger charge is -2.32. The summed E-state index contributed by atoms with van der Waals surface area (Å²) in [4.78, 5) is 6.73. The summed E-state index contributed by atoms with van der Waals surface area (Å²) in [7, 11) is 0. The topological polar surface area (TPSA) is 34.0 Å². The van der Waals surface area contributed by atoms with Crippen LogP contribution < -0.4 is 4.90 Å². The van der Waals surface area contributed by atoms with E-state index < -0.39 is 11.7 Å². The number of fused-ring (bicyclic) bond motifs is 1. The first-order valence-electron chi connectivity index (χ1n) is 10.5. The van der Waals surface area contributed by atoms with Gasteiger partial charge in [-0.15, -0.1) is 0 Å². The third-order valence-corrected chi connectivity index (χ3v) is 6.22. The van der Waals surface area contributed by atoms with E-state index >= 15 is 0 Å². The van der Waals surface area contributed by atoms with E-state index in [4.69, 9.17) is 0 Å². The Morgan fingerprint density at radius 2 is 1.87 bits per heavy atom. The molecular weight excluding hydrogens is 401 g/mol. The van der Waals surface area contributed by atoms with E-state index in [2.05, 4.69) is 34.0 Å². The molecule has 3 aromatic rings. The van der Waals surface area contributed by atoms with Crippen LogP contribution in [-0.2, 0) is 6.18 Å². The molecule has 1 saturated heterocycles. The smallest absolute Gasteiger partial charge is 0.356 e. The average molecular weight is 424 g/mol. The molecule has 1 fully saturated rings. The van der Waals surface area contributed by atoms with Crippen LogP contribution in [0.5, 0.6) is 0 Å². The summed E-state index contributed by atoms with van der Waals surface area (Å²) in [6.45, 7) is 5.65. The highest BCUT2D eigenvalue weighted by Crippen LogP contribution is 2.39. The van der Waals surface area contributed by atoms with Gasteiger partial charge < -0.3 is 4.90 Å².